The number of hydrogen-bond donors (Lipinski definition) is 1. The van der Waals surface area contributed by atoms with E-state index in [1.807, 2.05) is 32.0 Å². The van der Waals surface area contributed by atoms with Crippen molar-refractivity contribution >= 4 is 17.1 Å². The lowest BCUT2D eigenvalue weighted by atomic mass is 10.0. The molecule has 0 saturated heterocycles. The van der Waals surface area contributed by atoms with E-state index < -0.39 is 6.04 Å². The van der Waals surface area contributed by atoms with Crippen molar-refractivity contribution in [1.29, 1.82) is 0 Å². The van der Waals surface area contributed by atoms with E-state index >= 15 is 0 Å². The third kappa shape index (κ3) is 3.68. The molecule has 0 bridgehead atoms. The van der Waals surface area contributed by atoms with Gasteiger partial charge in [0.05, 0.1) is 6.04 Å². The highest BCUT2D eigenvalue weighted by atomic mass is 16.1. The fraction of sp³-hybridized carbons (Fsp3) is 0.267. The van der Waals surface area contributed by atoms with Crippen LogP contribution in [0, 0.1) is 0 Å². The van der Waals surface area contributed by atoms with Gasteiger partial charge in [0.15, 0.2) is 0 Å². The molecule has 0 unspecified atom stereocenters. The van der Waals surface area contributed by atoms with Gasteiger partial charge < -0.3 is 10.5 Å². The van der Waals surface area contributed by atoms with Crippen LogP contribution in [0.1, 0.15) is 19.4 Å². The molecule has 0 aliphatic heterocycles. The summed E-state index contributed by atoms with van der Waals surface area (Å²) in [5, 5.41) is 2.40. The van der Waals surface area contributed by atoms with Crippen LogP contribution < -0.4 is 5.73 Å². The van der Waals surface area contributed by atoms with Crippen molar-refractivity contribution < 1.29 is 4.79 Å². The summed E-state index contributed by atoms with van der Waals surface area (Å²) in [6, 6.07) is 13.9. The Morgan fingerprint density at radius 3 is 2.41 bits per heavy atom. The number of aldehydes is 1. The molecule has 0 aromatic heterocycles. The zero-order valence-electron chi connectivity index (χ0n) is 10.4. The highest BCUT2D eigenvalue weighted by molar-refractivity contribution is 5.83. The SMILES string of the molecule is CC.N[C@H](C=O)Cc1ccc2ccccc2c1. The summed E-state index contributed by atoms with van der Waals surface area (Å²) >= 11 is 0. The number of nitrogens with two attached hydrogens (primary N) is 1. The van der Waals surface area contributed by atoms with Gasteiger partial charge in [-0.15, -0.1) is 0 Å². The van der Waals surface area contributed by atoms with Gasteiger partial charge >= 0.3 is 0 Å². The second-order valence-electron chi connectivity index (χ2n) is 3.69. The molecule has 2 rings (SSSR count). The Labute approximate surface area is 102 Å². The third-order valence-electron chi connectivity index (χ3n) is 2.46. The Balaban J connectivity index is 0.000000686. The van der Waals surface area contributed by atoms with E-state index in [4.69, 9.17) is 5.73 Å². The van der Waals surface area contributed by atoms with Crippen LogP contribution >= 0.6 is 0 Å². The Kier molecular flexibility index (Phi) is 5.37. The van der Waals surface area contributed by atoms with Gasteiger partial charge in [-0.2, -0.15) is 0 Å². The molecule has 2 aromatic carbocycles. The van der Waals surface area contributed by atoms with Crippen LogP contribution in [-0.2, 0) is 11.2 Å². The van der Waals surface area contributed by atoms with Crippen molar-refractivity contribution in [3.63, 3.8) is 0 Å². The van der Waals surface area contributed by atoms with Crippen LogP contribution in [0.5, 0.6) is 0 Å². The number of benzene rings is 2. The summed E-state index contributed by atoms with van der Waals surface area (Å²) in [4.78, 5) is 10.4. The first-order valence-corrected chi connectivity index (χ1v) is 5.98. The summed E-state index contributed by atoms with van der Waals surface area (Å²) in [5.74, 6) is 0. The fourth-order valence-corrected chi connectivity index (χ4v) is 1.69. The highest BCUT2D eigenvalue weighted by Gasteiger charge is 2.02. The predicted molar refractivity (Wildman–Crippen MR) is 73.0 cm³/mol. The van der Waals surface area contributed by atoms with Crippen LogP contribution in [0.3, 0.4) is 0 Å². The van der Waals surface area contributed by atoms with E-state index in [1.54, 1.807) is 0 Å². The van der Waals surface area contributed by atoms with Crippen LogP contribution in [0.25, 0.3) is 10.8 Å². The molecule has 2 N–H and O–H groups in total. The molecule has 0 heterocycles. The van der Waals surface area contributed by atoms with E-state index in [9.17, 15) is 4.79 Å². The van der Waals surface area contributed by atoms with Crippen molar-refractivity contribution in [3.8, 4) is 0 Å². The average molecular weight is 229 g/mol. The summed E-state index contributed by atoms with van der Waals surface area (Å²) in [6.45, 7) is 4.00. The first kappa shape index (κ1) is 13.4. The Bertz CT molecular complexity index is 479. The zero-order chi connectivity index (χ0) is 12.7. The number of carbonyl (C=O) groups excluding carboxylic acids is 1. The van der Waals surface area contributed by atoms with Crippen LogP contribution in [-0.4, -0.2) is 12.3 Å². The topological polar surface area (TPSA) is 43.1 Å². The largest absolute Gasteiger partial charge is 0.321 e. The lowest BCUT2D eigenvalue weighted by Crippen LogP contribution is -2.23. The summed E-state index contributed by atoms with van der Waals surface area (Å²) < 4.78 is 0. The summed E-state index contributed by atoms with van der Waals surface area (Å²) in [5.41, 5.74) is 6.69. The second kappa shape index (κ2) is 6.81. The number of fused-ring (bicyclic) bond motifs is 1. The molecule has 2 aromatic rings. The van der Waals surface area contributed by atoms with E-state index in [-0.39, 0.29) is 0 Å². The second-order valence-corrected chi connectivity index (χ2v) is 3.69. The normalized spacial score (nSPS) is 11.5. The molecule has 2 nitrogen and oxygen atoms in total. The molecule has 90 valence electrons. The van der Waals surface area contributed by atoms with Gasteiger partial charge in [0.2, 0.25) is 0 Å². The van der Waals surface area contributed by atoms with E-state index in [1.165, 1.54) is 10.8 Å². The van der Waals surface area contributed by atoms with Gasteiger partial charge in [-0.25, -0.2) is 0 Å². The lowest BCUT2D eigenvalue weighted by Gasteiger charge is -2.05. The molecule has 1 atom stereocenters. The molecular formula is C15H19NO. The molecule has 0 fully saturated rings. The Morgan fingerprint density at radius 2 is 1.76 bits per heavy atom. The molecule has 2 heteroatoms. The van der Waals surface area contributed by atoms with Crippen LogP contribution in [0.4, 0.5) is 0 Å². The van der Waals surface area contributed by atoms with Crippen molar-refractivity contribution in [2.75, 3.05) is 0 Å². The fourth-order valence-electron chi connectivity index (χ4n) is 1.69. The minimum absolute atomic E-state index is 0.397. The first-order valence-electron chi connectivity index (χ1n) is 5.98. The third-order valence-corrected chi connectivity index (χ3v) is 2.46. The number of hydrogen-bond acceptors (Lipinski definition) is 2. The van der Waals surface area contributed by atoms with E-state index in [0.29, 0.717) is 6.42 Å². The molecule has 0 aliphatic rings. The summed E-state index contributed by atoms with van der Waals surface area (Å²) in [7, 11) is 0. The predicted octanol–water partition coefficient (Wildman–Crippen LogP) is 2.93. The Morgan fingerprint density at radius 1 is 1.12 bits per heavy atom. The van der Waals surface area contributed by atoms with Gasteiger partial charge in [-0.1, -0.05) is 56.3 Å². The Hall–Kier alpha value is -1.67. The van der Waals surface area contributed by atoms with Crippen molar-refractivity contribution in [2.24, 2.45) is 5.73 Å². The minimum atomic E-state index is -0.397. The van der Waals surface area contributed by atoms with E-state index in [0.717, 1.165) is 11.8 Å². The molecule has 17 heavy (non-hydrogen) atoms. The lowest BCUT2D eigenvalue weighted by molar-refractivity contribution is -0.108. The quantitative estimate of drug-likeness (QED) is 0.822. The molecular weight excluding hydrogens is 210 g/mol. The van der Waals surface area contributed by atoms with Gasteiger partial charge in [-0.3, -0.25) is 0 Å². The minimum Gasteiger partial charge on any atom is -0.321 e. The molecule has 0 spiro atoms. The van der Waals surface area contributed by atoms with Gasteiger partial charge in [0.25, 0.3) is 0 Å². The maximum Gasteiger partial charge on any atom is 0.137 e. The van der Waals surface area contributed by atoms with Gasteiger partial charge in [0.1, 0.15) is 6.29 Å². The van der Waals surface area contributed by atoms with Crippen LogP contribution in [0.2, 0.25) is 0 Å². The molecule has 0 saturated carbocycles. The standard InChI is InChI=1S/C13H13NO.C2H6/c14-13(9-15)8-10-5-6-11-3-1-2-4-12(11)7-10;1-2/h1-7,9,13H,8,14H2;1-2H3/t13-;/m0./s1. The smallest absolute Gasteiger partial charge is 0.137 e. The summed E-state index contributed by atoms with van der Waals surface area (Å²) in [6.07, 6.45) is 1.39. The van der Waals surface area contributed by atoms with Gasteiger partial charge in [-0.05, 0) is 22.8 Å². The number of rotatable bonds is 3. The first-order chi connectivity index (χ1) is 8.29. The van der Waals surface area contributed by atoms with Crippen molar-refractivity contribution in [3.05, 3.63) is 48.0 Å². The average Bonchev–Trinajstić information content (AvgIpc) is 2.41. The molecule has 0 amide bonds. The monoisotopic (exact) mass is 229 g/mol. The maximum absolute atomic E-state index is 10.4. The van der Waals surface area contributed by atoms with Gasteiger partial charge in [0, 0.05) is 0 Å². The van der Waals surface area contributed by atoms with Crippen LogP contribution in [0.15, 0.2) is 42.5 Å². The molecule has 0 radical (unpaired) electrons. The van der Waals surface area contributed by atoms with Crippen molar-refractivity contribution in [2.45, 2.75) is 26.3 Å². The van der Waals surface area contributed by atoms with E-state index in [2.05, 4.69) is 24.3 Å². The zero-order valence-corrected chi connectivity index (χ0v) is 10.4. The van der Waals surface area contributed by atoms with Crippen molar-refractivity contribution in [1.82, 2.24) is 0 Å². The number of carbonyl (C=O) groups is 1. The maximum atomic E-state index is 10.4. The highest BCUT2D eigenvalue weighted by Crippen LogP contribution is 2.16. The molecule has 0 aliphatic carbocycles.